The summed E-state index contributed by atoms with van der Waals surface area (Å²) < 4.78 is 0. The molecule has 0 bridgehead atoms. The Morgan fingerprint density at radius 2 is 1.74 bits per heavy atom. The zero-order chi connectivity index (χ0) is 13.7. The summed E-state index contributed by atoms with van der Waals surface area (Å²) in [5.41, 5.74) is 1.67. The van der Waals surface area contributed by atoms with Gasteiger partial charge in [0.05, 0.1) is 0 Å². The van der Waals surface area contributed by atoms with Gasteiger partial charge in [0.2, 0.25) is 0 Å². The Labute approximate surface area is 122 Å². The van der Waals surface area contributed by atoms with Gasteiger partial charge in [-0.2, -0.15) is 0 Å². The van der Waals surface area contributed by atoms with Gasteiger partial charge in [-0.1, -0.05) is 32.9 Å². The molecule has 0 aliphatic carbocycles. The van der Waals surface area contributed by atoms with Crippen molar-refractivity contribution in [3.8, 4) is 0 Å². The van der Waals surface area contributed by atoms with E-state index < -0.39 is 0 Å². The molecule has 0 aromatic heterocycles. The van der Waals surface area contributed by atoms with E-state index in [0.717, 1.165) is 13.1 Å². The van der Waals surface area contributed by atoms with Gasteiger partial charge in [0.15, 0.2) is 0 Å². The van der Waals surface area contributed by atoms with Crippen molar-refractivity contribution < 1.29 is 0 Å². The molecule has 0 unspecified atom stereocenters. The number of rotatable bonds is 4. The third kappa shape index (κ3) is 4.83. The number of benzene rings is 1. The highest BCUT2D eigenvalue weighted by molar-refractivity contribution is 7.99. The summed E-state index contributed by atoms with van der Waals surface area (Å²) in [5.74, 6) is 1.19. The monoisotopic (exact) mass is 278 g/mol. The molecule has 0 spiro atoms. The third-order valence-corrected chi connectivity index (χ3v) is 4.60. The second kappa shape index (κ2) is 6.78. The predicted octanol–water partition coefficient (Wildman–Crippen LogP) is 2.98. The number of nitrogens with one attached hydrogen (secondary N) is 1. The maximum atomic E-state index is 3.39. The SMILES string of the molecule is CC(C)(C)c1ccc(SCCN2CCNCC2)cc1. The van der Waals surface area contributed by atoms with Crippen LogP contribution in [-0.2, 0) is 5.41 Å². The van der Waals surface area contributed by atoms with Gasteiger partial charge in [-0.3, -0.25) is 4.90 Å². The molecule has 2 rings (SSSR count). The Bertz CT molecular complexity index is 375. The molecular weight excluding hydrogens is 252 g/mol. The van der Waals surface area contributed by atoms with E-state index in [1.807, 2.05) is 11.8 Å². The van der Waals surface area contributed by atoms with E-state index in [9.17, 15) is 0 Å². The molecule has 0 amide bonds. The van der Waals surface area contributed by atoms with Crippen molar-refractivity contribution in [3.63, 3.8) is 0 Å². The maximum absolute atomic E-state index is 3.39. The summed E-state index contributed by atoms with van der Waals surface area (Å²) in [4.78, 5) is 3.94. The fourth-order valence-electron chi connectivity index (χ4n) is 2.28. The zero-order valence-corrected chi connectivity index (χ0v) is 13.2. The van der Waals surface area contributed by atoms with Crippen LogP contribution in [0.4, 0.5) is 0 Å². The average molecular weight is 278 g/mol. The van der Waals surface area contributed by atoms with Gasteiger partial charge in [0.1, 0.15) is 0 Å². The smallest absolute Gasteiger partial charge is 0.0108 e. The predicted molar refractivity (Wildman–Crippen MR) is 85.2 cm³/mol. The Morgan fingerprint density at radius 3 is 2.32 bits per heavy atom. The maximum Gasteiger partial charge on any atom is 0.0108 e. The molecule has 0 atom stereocenters. The number of nitrogens with zero attached hydrogens (tertiary/aromatic N) is 1. The average Bonchev–Trinajstić information content (AvgIpc) is 2.39. The lowest BCUT2D eigenvalue weighted by Crippen LogP contribution is -2.44. The first-order chi connectivity index (χ1) is 9.05. The van der Waals surface area contributed by atoms with E-state index in [4.69, 9.17) is 0 Å². The Kier molecular flexibility index (Phi) is 5.31. The lowest BCUT2D eigenvalue weighted by molar-refractivity contribution is 0.255. The Hall–Kier alpha value is -0.510. The fraction of sp³-hybridized carbons (Fsp3) is 0.625. The molecule has 3 heteroatoms. The molecule has 0 radical (unpaired) electrons. The van der Waals surface area contributed by atoms with Crippen LogP contribution in [-0.4, -0.2) is 43.4 Å². The van der Waals surface area contributed by atoms with Gasteiger partial charge < -0.3 is 5.32 Å². The lowest BCUT2D eigenvalue weighted by Gasteiger charge is -2.26. The molecule has 106 valence electrons. The number of hydrogen-bond donors (Lipinski definition) is 1. The molecule has 1 aliphatic heterocycles. The van der Waals surface area contributed by atoms with Crippen LogP contribution in [0.5, 0.6) is 0 Å². The topological polar surface area (TPSA) is 15.3 Å². The van der Waals surface area contributed by atoms with E-state index in [2.05, 4.69) is 55.3 Å². The molecule has 1 fully saturated rings. The van der Waals surface area contributed by atoms with Gasteiger partial charge in [0, 0.05) is 43.4 Å². The molecule has 1 saturated heterocycles. The summed E-state index contributed by atoms with van der Waals surface area (Å²) in [7, 11) is 0. The molecule has 1 aromatic rings. The van der Waals surface area contributed by atoms with Crippen LogP contribution in [0, 0.1) is 0 Å². The number of hydrogen-bond acceptors (Lipinski definition) is 3. The molecule has 1 heterocycles. The van der Waals surface area contributed by atoms with Crippen LogP contribution in [0.3, 0.4) is 0 Å². The van der Waals surface area contributed by atoms with E-state index in [1.165, 1.54) is 35.8 Å². The summed E-state index contributed by atoms with van der Waals surface area (Å²) in [5, 5.41) is 3.39. The van der Waals surface area contributed by atoms with Gasteiger partial charge in [0.25, 0.3) is 0 Å². The fourth-order valence-corrected chi connectivity index (χ4v) is 3.19. The molecule has 19 heavy (non-hydrogen) atoms. The normalized spacial score (nSPS) is 17.6. The molecule has 1 N–H and O–H groups in total. The molecule has 1 aliphatic rings. The van der Waals surface area contributed by atoms with Crippen LogP contribution in [0.15, 0.2) is 29.2 Å². The van der Waals surface area contributed by atoms with Crippen molar-refractivity contribution in [2.75, 3.05) is 38.5 Å². The van der Waals surface area contributed by atoms with Crippen LogP contribution in [0.1, 0.15) is 26.3 Å². The van der Waals surface area contributed by atoms with Gasteiger partial charge in [-0.25, -0.2) is 0 Å². The van der Waals surface area contributed by atoms with Crippen molar-refractivity contribution in [1.29, 1.82) is 0 Å². The van der Waals surface area contributed by atoms with E-state index >= 15 is 0 Å². The van der Waals surface area contributed by atoms with E-state index in [1.54, 1.807) is 0 Å². The van der Waals surface area contributed by atoms with Gasteiger partial charge in [-0.15, -0.1) is 11.8 Å². The van der Waals surface area contributed by atoms with Crippen LogP contribution in [0.2, 0.25) is 0 Å². The summed E-state index contributed by atoms with van der Waals surface area (Å²) in [6.07, 6.45) is 0. The first-order valence-electron chi connectivity index (χ1n) is 7.22. The van der Waals surface area contributed by atoms with Crippen LogP contribution >= 0.6 is 11.8 Å². The number of piperazine rings is 1. The van der Waals surface area contributed by atoms with E-state index in [0.29, 0.717) is 0 Å². The van der Waals surface area contributed by atoms with Crippen molar-refractivity contribution >= 4 is 11.8 Å². The van der Waals surface area contributed by atoms with Gasteiger partial charge >= 0.3 is 0 Å². The Balaban J connectivity index is 1.76. The zero-order valence-electron chi connectivity index (χ0n) is 12.4. The highest BCUT2D eigenvalue weighted by Gasteiger charge is 2.13. The highest BCUT2D eigenvalue weighted by Crippen LogP contribution is 2.25. The third-order valence-electron chi connectivity index (χ3n) is 3.61. The minimum Gasteiger partial charge on any atom is -0.314 e. The highest BCUT2D eigenvalue weighted by atomic mass is 32.2. The summed E-state index contributed by atoms with van der Waals surface area (Å²) >= 11 is 1.97. The molecule has 1 aromatic carbocycles. The minimum atomic E-state index is 0.254. The number of thioether (sulfide) groups is 1. The standard InChI is InChI=1S/C16H26N2S/c1-16(2,3)14-4-6-15(7-5-14)19-13-12-18-10-8-17-9-11-18/h4-7,17H,8-13H2,1-3H3. The van der Waals surface area contributed by atoms with Crippen molar-refractivity contribution in [3.05, 3.63) is 29.8 Å². The molecular formula is C16H26N2S. The van der Waals surface area contributed by atoms with Crippen LogP contribution in [0.25, 0.3) is 0 Å². The first kappa shape index (κ1) is 14.9. The van der Waals surface area contributed by atoms with Crippen molar-refractivity contribution in [1.82, 2.24) is 10.2 Å². The minimum absolute atomic E-state index is 0.254. The second-order valence-electron chi connectivity index (χ2n) is 6.21. The largest absolute Gasteiger partial charge is 0.314 e. The molecule has 2 nitrogen and oxygen atoms in total. The summed E-state index contributed by atoms with van der Waals surface area (Å²) in [6, 6.07) is 9.08. The quantitative estimate of drug-likeness (QED) is 0.853. The molecule has 0 saturated carbocycles. The lowest BCUT2D eigenvalue weighted by atomic mass is 9.87. The van der Waals surface area contributed by atoms with Crippen molar-refractivity contribution in [2.45, 2.75) is 31.1 Å². The second-order valence-corrected chi connectivity index (χ2v) is 7.38. The van der Waals surface area contributed by atoms with Gasteiger partial charge in [-0.05, 0) is 23.1 Å². The Morgan fingerprint density at radius 1 is 1.11 bits per heavy atom. The summed E-state index contributed by atoms with van der Waals surface area (Å²) in [6.45, 7) is 12.7. The van der Waals surface area contributed by atoms with Crippen LogP contribution < -0.4 is 5.32 Å². The van der Waals surface area contributed by atoms with E-state index in [-0.39, 0.29) is 5.41 Å². The first-order valence-corrected chi connectivity index (χ1v) is 8.21. The van der Waals surface area contributed by atoms with Crippen molar-refractivity contribution in [2.24, 2.45) is 0 Å².